The van der Waals surface area contributed by atoms with Gasteiger partial charge in [0.2, 0.25) is 0 Å². The Kier molecular flexibility index (Phi) is 3.32. The fraction of sp³-hybridized carbons (Fsp3) is 0.154. The number of benzene rings is 1. The Morgan fingerprint density at radius 1 is 1.39 bits per heavy atom. The van der Waals surface area contributed by atoms with Crippen LogP contribution in [0.15, 0.2) is 36.5 Å². The van der Waals surface area contributed by atoms with Crippen LogP contribution in [0.25, 0.3) is 0 Å². The van der Waals surface area contributed by atoms with Gasteiger partial charge in [-0.1, -0.05) is 12.1 Å². The van der Waals surface area contributed by atoms with Crippen LogP contribution in [0.4, 0.5) is 10.1 Å². The number of carbonyl (C=O) groups is 1. The van der Waals surface area contributed by atoms with Gasteiger partial charge in [-0.15, -0.1) is 0 Å². The van der Waals surface area contributed by atoms with Crippen molar-refractivity contribution in [1.82, 2.24) is 4.57 Å². The summed E-state index contributed by atoms with van der Waals surface area (Å²) in [6.45, 7) is 0.432. The van der Waals surface area contributed by atoms with Crippen molar-refractivity contribution in [3.8, 4) is 0 Å². The number of methoxy groups -OCH3 is 1. The summed E-state index contributed by atoms with van der Waals surface area (Å²) in [5, 5.41) is 0. The van der Waals surface area contributed by atoms with Crippen molar-refractivity contribution in [3.05, 3.63) is 53.6 Å². The number of anilines is 1. The van der Waals surface area contributed by atoms with Gasteiger partial charge in [-0.25, -0.2) is 9.18 Å². The van der Waals surface area contributed by atoms with E-state index in [2.05, 4.69) is 4.74 Å². The van der Waals surface area contributed by atoms with Crippen LogP contribution in [0.1, 0.15) is 16.1 Å². The van der Waals surface area contributed by atoms with Gasteiger partial charge in [0.25, 0.3) is 0 Å². The third-order valence-corrected chi connectivity index (χ3v) is 2.58. The molecule has 2 N–H and O–H groups in total. The Morgan fingerprint density at radius 3 is 2.67 bits per heavy atom. The zero-order chi connectivity index (χ0) is 13.1. The van der Waals surface area contributed by atoms with Crippen molar-refractivity contribution in [1.29, 1.82) is 0 Å². The minimum Gasteiger partial charge on any atom is -0.464 e. The van der Waals surface area contributed by atoms with Gasteiger partial charge in [-0.2, -0.15) is 0 Å². The first kappa shape index (κ1) is 12.2. The Bertz CT molecular complexity index is 561. The van der Waals surface area contributed by atoms with Crippen molar-refractivity contribution in [2.45, 2.75) is 6.54 Å². The molecule has 0 atom stereocenters. The first-order valence-electron chi connectivity index (χ1n) is 5.38. The van der Waals surface area contributed by atoms with E-state index in [1.54, 1.807) is 29.0 Å². The van der Waals surface area contributed by atoms with Gasteiger partial charge < -0.3 is 15.0 Å². The predicted molar refractivity (Wildman–Crippen MR) is 65.7 cm³/mol. The van der Waals surface area contributed by atoms with Crippen LogP contribution >= 0.6 is 0 Å². The van der Waals surface area contributed by atoms with Crippen LogP contribution in [0.5, 0.6) is 0 Å². The third-order valence-electron chi connectivity index (χ3n) is 2.58. The molecule has 0 aliphatic heterocycles. The molecule has 0 radical (unpaired) electrons. The summed E-state index contributed by atoms with van der Waals surface area (Å²) in [6.07, 6.45) is 1.65. The second-order valence-corrected chi connectivity index (χ2v) is 3.90. The van der Waals surface area contributed by atoms with E-state index in [1.165, 1.54) is 19.2 Å². The van der Waals surface area contributed by atoms with Gasteiger partial charge in [-0.05, 0) is 23.8 Å². The van der Waals surface area contributed by atoms with E-state index in [0.29, 0.717) is 17.9 Å². The van der Waals surface area contributed by atoms with E-state index < -0.39 is 5.97 Å². The molecule has 0 aliphatic rings. The number of aromatic nitrogens is 1. The van der Waals surface area contributed by atoms with Gasteiger partial charge in [-0.3, -0.25) is 0 Å². The lowest BCUT2D eigenvalue weighted by Crippen LogP contribution is -2.10. The molecule has 94 valence electrons. The molecule has 0 amide bonds. The zero-order valence-electron chi connectivity index (χ0n) is 9.89. The summed E-state index contributed by atoms with van der Waals surface area (Å²) in [4.78, 5) is 11.5. The van der Waals surface area contributed by atoms with Crippen LogP contribution in [0.3, 0.4) is 0 Å². The molecule has 0 fully saturated rings. The molecular formula is C13H13FN2O2. The van der Waals surface area contributed by atoms with Crippen molar-refractivity contribution in [3.63, 3.8) is 0 Å². The van der Waals surface area contributed by atoms with Crippen LogP contribution in [0, 0.1) is 5.82 Å². The molecule has 2 rings (SSSR count). The van der Waals surface area contributed by atoms with Crippen LogP contribution in [-0.4, -0.2) is 17.6 Å². The van der Waals surface area contributed by atoms with E-state index in [9.17, 15) is 9.18 Å². The van der Waals surface area contributed by atoms with Crippen molar-refractivity contribution in [2.24, 2.45) is 0 Å². The predicted octanol–water partition coefficient (Wildman–Crippen LogP) is 2.04. The minimum atomic E-state index is -0.450. The number of hydrogen-bond donors (Lipinski definition) is 1. The number of ether oxygens (including phenoxy) is 1. The lowest BCUT2D eigenvalue weighted by atomic mass is 10.2. The van der Waals surface area contributed by atoms with Gasteiger partial charge in [0.15, 0.2) is 0 Å². The normalized spacial score (nSPS) is 10.3. The summed E-state index contributed by atoms with van der Waals surface area (Å²) < 4.78 is 19.1. The van der Waals surface area contributed by atoms with Gasteiger partial charge in [0.1, 0.15) is 11.5 Å². The highest BCUT2D eigenvalue weighted by atomic mass is 19.1. The number of esters is 1. The number of hydrogen-bond acceptors (Lipinski definition) is 3. The molecule has 2 aromatic rings. The van der Waals surface area contributed by atoms with E-state index in [1.807, 2.05) is 0 Å². The smallest absolute Gasteiger partial charge is 0.354 e. The average Bonchev–Trinajstić information content (AvgIpc) is 2.72. The minimum absolute atomic E-state index is 0.293. The highest BCUT2D eigenvalue weighted by Gasteiger charge is 2.13. The van der Waals surface area contributed by atoms with Gasteiger partial charge in [0.05, 0.1) is 12.8 Å². The van der Waals surface area contributed by atoms with E-state index in [-0.39, 0.29) is 5.82 Å². The molecule has 0 saturated heterocycles. The monoisotopic (exact) mass is 248 g/mol. The van der Waals surface area contributed by atoms with E-state index >= 15 is 0 Å². The SMILES string of the molecule is COC(=O)c1cc(N)cn1Cc1ccc(F)cc1. The maximum atomic E-state index is 12.8. The molecule has 0 spiro atoms. The standard InChI is InChI=1S/C13H13FN2O2/c1-18-13(17)12-6-11(15)8-16(12)7-9-2-4-10(14)5-3-9/h2-6,8H,7,15H2,1H3. The largest absolute Gasteiger partial charge is 0.464 e. The Morgan fingerprint density at radius 2 is 2.06 bits per heavy atom. The lowest BCUT2D eigenvalue weighted by Gasteiger charge is -2.07. The van der Waals surface area contributed by atoms with Gasteiger partial charge >= 0.3 is 5.97 Å². The fourth-order valence-electron chi connectivity index (χ4n) is 1.73. The summed E-state index contributed by atoms with van der Waals surface area (Å²) in [6, 6.07) is 7.62. The molecule has 0 bridgehead atoms. The molecule has 5 heteroatoms. The fourth-order valence-corrected chi connectivity index (χ4v) is 1.73. The quantitative estimate of drug-likeness (QED) is 0.846. The maximum Gasteiger partial charge on any atom is 0.354 e. The first-order chi connectivity index (χ1) is 8.60. The first-order valence-corrected chi connectivity index (χ1v) is 5.38. The Hall–Kier alpha value is -2.30. The molecule has 18 heavy (non-hydrogen) atoms. The number of nitrogens with two attached hydrogens (primary N) is 1. The molecule has 1 aromatic heterocycles. The van der Waals surface area contributed by atoms with E-state index in [0.717, 1.165) is 5.56 Å². The number of nitrogen functional groups attached to an aromatic ring is 1. The second kappa shape index (κ2) is 4.91. The highest BCUT2D eigenvalue weighted by molar-refractivity contribution is 5.89. The summed E-state index contributed by atoms with van der Waals surface area (Å²) >= 11 is 0. The van der Waals surface area contributed by atoms with E-state index in [4.69, 9.17) is 5.73 Å². The lowest BCUT2D eigenvalue weighted by molar-refractivity contribution is 0.0589. The number of halogens is 1. The number of rotatable bonds is 3. The molecular weight excluding hydrogens is 235 g/mol. The van der Waals surface area contributed by atoms with Crippen LogP contribution < -0.4 is 5.73 Å². The molecule has 0 unspecified atom stereocenters. The highest BCUT2D eigenvalue weighted by Crippen LogP contribution is 2.14. The molecule has 0 saturated carbocycles. The Balaban J connectivity index is 2.28. The molecule has 4 nitrogen and oxygen atoms in total. The van der Waals surface area contributed by atoms with Crippen molar-refractivity contribution < 1.29 is 13.9 Å². The Labute approximate surface area is 104 Å². The molecule has 1 heterocycles. The summed E-state index contributed by atoms with van der Waals surface area (Å²) in [5.74, 6) is -0.743. The topological polar surface area (TPSA) is 57.2 Å². The molecule has 0 aliphatic carbocycles. The summed E-state index contributed by atoms with van der Waals surface area (Å²) in [5.41, 5.74) is 7.39. The third kappa shape index (κ3) is 2.51. The van der Waals surface area contributed by atoms with Gasteiger partial charge in [0, 0.05) is 12.7 Å². The number of nitrogens with zero attached hydrogens (tertiary/aromatic N) is 1. The second-order valence-electron chi connectivity index (χ2n) is 3.90. The van der Waals surface area contributed by atoms with Crippen LogP contribution in [0.2, 0.25) is 0 Å². The van der Waals surface area contributed by atoms with Crippen molar-refractivity contribution >= 4 is 11.7 Å². The summed E-state index contributed by atoms with van der Waals surface area (Å²) in [7, 11) is 1.31. The van der Waals surface area contributed by atoms with Crippen LogP contribution in [-0.2, 0) is 11.3 Å². The maximum absolute atomic E-state index is 12.8. The zero-order valence-corrected chi connectivity index (χ0v) is 9.89. The average molecular weight is 248 g/mol. The molecule has 1 aromatic carbocycles. The van der Waals surface area contributed by atoms with Crippen molar-refractivity contribution in [2.75, 3.05) is 12.8 Å². The number of carbonyl (C=O) groups excluding carboxylic acids is 1.